The molecule has 15 heavy (non-hydrogen) atoms. The third kappa shape index (κ3) is 3.20. The minimum absolute atomic E-state index is 0.260. The average Bonchev–Trinajstić information content (AvgIpc) is 2.30. The molecule has 0 saturated heterocycles. The first-order valence-electron chi connectivity index (χ1n) is 6.18. The molecule has 1 fully saturated rings. The van der Waals surface area contributed by atoms with Gasteiger partial charge in [-0.3, -0.25) is 4.79 Å². The maximum atomic E-state index is 12.1. The molecule has 1 aliphatic rings. The van der Waals surface area contributed by atoms with E-state index < -0.39 is 0 Å². The molecule has 0 radical (unpaired) electrons. The van der Waals surface area contributed by atoms with Crippen molar-refractivity contribution in [3.05, 3.63) is 0 Å². The zero-order valence-electron chi connectivity index (χ0n) is 10.3. The number of hydrogen-bond donors (Lipinski definition) is 1. The largest absolute Gasteiger partial charge is 0.343 e. The van der Waals surface area contributed by atoms with Gasteiger partial charge in [0, 0.05) is 25.0 Å². The summed E-state index contributed by atoms with van der Waals surface area (Å²) in [5.41, 5.74) is 0. The number of nitrogens with zero attached hydrogens (tertiary/aromatic N) is 1. The van der Waals surface area contributed by atoms with Gasteiger partial charge in [0.1, 0.15) is 0 Å². The first kappa shape index (κ1) is 12.5. The molecular weight excluding hydrogens is 188 g/mol. The molecular formula is C12H24N2O. The van der Waals surface area contributed by atoms with Crippen LogP contribution in [-0.4, -0.2) is 37.0 Å². The summed E-state index contributed by atoms with van der Waals surface area (Å²) in [6, 6.07) is 0.545. The quantitative estimate of drug-likeness (QED) is 0.768. The Labute approximate surface area is 93.2 Å². The van der Waals surface area contributed by atoms with E-state index in [0.29, 0.717) is 11.9 Å². The fourth-order valence-electron chi connectivity index (χ4n) is 2.47. The van der Waals surface area contributed by atoms with Gasteiger partial charge in [0.15, 0.2) is 0 Å². The van der Waals surface area contributed by atoms with Crippen LogP contribution in [0.1, 0.15) is 39.5 Å². The first-order valence-corrected chi connectivity index (χ1v) is 6.18. The Balaban J connectivity index is 2.51. The van der Waals surface area contributed by atoms with Gasteiger partial charge >= 0.3 is 0 Å². The Bertz CT molecular complexity index is 202. The molecule has 0 aliphatic heterocycles. The van der Waals surface area contributed by atoms with Crippen molar-refractivity contribution < 1.29 is 4.79 Å². The minimum atomic E-state index is 0.260. The predicted octanol–water partition coefficient (Wildman–Crippen LogP) is 1.63. The van der Waals surface area contributed by atoms with Gasteiger partial charge in [-0.15, -0.1) is 0 Å². The Kier molecular flexibility index (Phi) is 5.09. The lowest BCUT2D eigenvalue weighted by Crippen LogP contribution is -2.41. The summed E-state index contributed by atoms with van der Waals surface area (Å²) in [5, 5.41) is 3.29. The van der Waals surface area contributed by atoms with E-state index in [0.717, 1.165) is 25.9 Å². The van der Waals surface area contributed by atoms with Gasteiger partial charge in [-0.05, 0) is 40.2 Å². The number of nitrogens with one attached hydrogen (secondary N) is 1. The highest BCUT2D eigenvalue weighted by molar-refractivity contribution is 5.78. The van der Waals surface area contributed by atoms with Crippen molar-refractivity contribution in [3.63, 3.8) is 0 Å². The molecule has 0 aromatic rings. The molecule has 0 aromatic heterocycles. The first-order chi connectivity index (χ1) is 7.22. The van der Waals surface area contributed by atoms with Crippen LogP contribution in [-0.2, 0) is 4.79 Å². The second-order valence-electron chi connectivity index (χ2n) is 4.36. The molecule has 3 heteroatoms. The summed E-state index contributed by atoms with van der Waals surface area (Å²) in [6.07, 6.45) is 4.50. The summed E-state index contributed by atoms with van der Waals surface area (Å²) < 4.78 is 0. The fraction of sp³-hybridized carbons (Fsp3) is 0.917. The smallest absolute Gasteiger partial charge is 0.225 e. The number of amides is 1. The second-order valence-corrected chi connectivity index (χ2v) is 4.36. The zero-order valence-corrected chi connectivity index (χ0v) is 10.3. The van der Waals surface area contributed by atoms with Crippen LogP contribution < -0.4 is 5.32 Å². The van der Waals surface area contributed by atoms with Crippen LogP contribution in [0.5, 0.6) is 0 Å². The standard InChI is InChI=1S/C12H24N2O/c1-4-14(5-2)12(15)10-7-6-8-11(9-10)13-3/h10-11,13H,4-9H2,1-3H3. The molecule has 0 heterocycles. The second kappa shape index (κ2) is 6.11. The molecule has 3 nitrogen and oxygen atoms in total. The van der Waals surface area contributed by atoms with Gasteiger partial charge in [0.05, 0.1) is 0 Å². The number of carbonyl (C=O) groups is 1. The van der Waals surface area contributed by atoms with E-state index in [2.05, 4.69) is 19.2 Å². The molecule has 1 rings (SSSR count). The highest BCUT2D eigenvalue weighted by Gasteiger charge is 2.28. The number of hydrogen-bond acceptors (Lipinski definition) is 2. The SMILES string of the molecule is CCN(CC)C(=O)C1CCCC(NC)C1. The monoisotopic (exact) mass is 212 g/mol. The van der Waals surface area contributed by atoms with E-state index in [-0.39, 0.29) is 5.92 Å². The fourth-order valence-corrected chi connectivity index (χ4v) is 2.47. The molecule has 1 aliphatic carbocycles. The normalized spacial score (nSPS) is 26.3. The van der Waals surface area contributed by atoms with Crippen LogP contribution in [0.3, 0.4) is 0 Å². The lowest BCUT2D eigenvalue weighted by Gasteiger charge is -2.31. The highest BCUT2D eigenvalue weighted by Crippen LogP contribution is 2.25. The average molecular weight is 212 g/mol. The van der Waals surface area contributed by atoms with Crippen molar-refractivity contribution in [1.29, 1.82) is 0 Å². The van der Waals surface area contributed by atoms with E-state index in [1.807, 2.05) is 11.9 Å². The van der Waals surface area contributed by atoms with Gasteiger partial charge in [-0.25, -0.2) is 0 Å². The third-order valence-electron chi connectivity index (χ3n) is 3.51. The summed E-state index contributed by atoms with van der Waals surface area (Å²) in [5.74, 6) is 0.621. The molecule has 2 unspecified atom stereocenters. The van der Waals surface area contributed by atoms with Crippen molar-refractivity contribution in [2.45, 2.75) is 45.6 Å². The van der Waals surface area contributed by atoms with Crippen LogP contribution in [0, 0.1) is 5.92 Å². The van der Waals surface area contributed by atoms with Gasteiger partial charge < -0.3 is 10.2 Å². The molecule has 88 valence electrons. The lowest BCUT2D eigenvalue weighted by molar-refractivity contribution is -0.136. The maximum absolute atomic E-state index is 12.1. The molecule has 0 spiro atoms. The summed E-state index contributed by atoms with van der Waals surface area (Å²) in [6.45, 7) is 5.80. The van der Waals surface area contributed by atoms with Gasteiger partial charge in [0.2, 0.25) is 5.91 Å². The van der Waals surface area contributed by atoms with Crippen molar-refractivity contribution in [2.75, 3.05) is 20.1 Å². The van der Waals surface area contributed by atoms with Crippen molar-refractivity contribution in [3.8, 4) is 0 Å². The Morgan fingerprint density at radius 2 is 2.00 bits per heavy atom. The van der Waals surface area contributed by atoms with Crippen LogP contribution >= 0.6 is 0 Å². The van der Waals surface area contributed by atoms with E-state index in [9.17, 15) is 4.79 Å². The predicted molar refractivity (Wildman–Crippen MR) is 62.7 cm³/mol. The summed E-state index contributed by atoms with van der Waals surface area (Å²) >= 11 is 0. The topological polar surface area (TPSA) is 32.3 Å². The molecule has 1 N–H and O–H groups in total. The van der Waals surface area contributed by atoms with E-state index >= 15 is 0 Å². The van der Waals surface area contributed by atoms with Crippen LogP contribution in [0.2, 0.25) is 0 Å². The number of rotatable bonds is 4. The van der Waals surface area contributed by atoms with Crippen molar-refractivity contribution in [1.82, 2.24) is 10.2 Å². The Morgan fingerprint density at radius 3 is 2.53 bits per heavy atom. The van der Waals surface area contributed by atoms with E-state index in [1.165, 1.54) is 12.8 Å². The lowest BCUT2D eigenvalue weighted by atomic mass is 9.85. The molecule has 2 atom stereocenters. The van der Waals surface area contributed by atoms with Gasteiger partial charge in [-0.2, -0.15) is 0 Å². The number of carbonyl (C=O) groups excluding carboxylic acids is 1. The Morgan fingerprint density at radius 1 is 1.33 bits per heavy atom. The summed E-state index contributed by atoms with van der Waals surface area (Å²) in [4.78, 5) is 14.1. The van der Waals surface area contributed by atoms with E-state index in [4.69, 9.17) is 0 Å². The van der Waals surface area contributed by atoms with E-state index in [1.54, 1.807) is 0 Å². The van der Waals surface area contributed by atoms with Gasteiger partial charge in [-0.1, -0.05) is 6.42 Å². The summed E-state index contributed by atoms with van der Waals surface area (Å²) in [7, 11) is 1.99. The van der Waals surface area contributed by atoms with Crippen LogP contribution in [0.4, 0.5) is 0 Å². The highest BCUT2D eigenvalue weighted by atomic mass is 16.2. The molecule has 1 amide bonds. The van der Waals surface area contributed by atoms with Crippen molar-refractivity contribution >= 4 is 5.91 Å². The molecule has 0 bridgehead atoms. The maximum Gasteiger partial charge on any atom is 0.225 e. The molecule has 0 aromatic carbocycles. The van der Waals surface area contributed by atoms with Gasteiger partial charge in [0.25, 0.3) is 0 Å². The molecule has 1 saturated carbocycles. The third-order valence-corrected chi connectivity index (χ3v) is 3.51. The van der Waals surface area contributed by atoms with Crippen molar-refractivity contribution in [2.24, 2.45) is 5.92 Å². The minimum Gasteiger partial charge on any atom is -0.343 e. The zero-order chi connectivity index (χ0) is 11.3. The Hall–Kier alpha value is -0.570. The van der Waals surface area contributed by atoms with Crippen LogP contribution in [0.25, 0.3) is 0 Å². The van der Waals surface area contributed by atoms with Crippen LogP contribution in [0.15, 0.2) is 0 Å².